The molecular formula is C10H15O2P. The van der Waals surface area contributed by atoms with Gasteiger partial charge in [0.05, 0.1) is 0 Å². The third-order valence-electron chi connectivity index (χ3n) is 1.80. The Morgan fingerprint density at radius 2 is 1.92 bits per heavy atom. The van der Waals surface area contributed by atoms with E-state index >= 15 is 0 Å². The van der Waals surface area contributed by atoms with Gasteiger partial charge in [-0.1, -0.05) is 29.8 Å². The molecule has 1 rings (SSSR count). The number of benzene rings is 1. The first-order valence-corrected chi connectivity index (χ1v) is 5.54. The summed E-state index contributed by atoms with van der Waals surface area (Å²) in [6.07, 6.45) is 0.865. The van der Waals surface area contributed by atoms with Gasteiger partial charge in [0.1, 0.15) is 0 Å². The fraction of sp³-hybridized carbons (Fsp3) is 0.400. The van der Waals surface area contributed by atoms with Crippen molar-refractivity contribution in [2.24, 2.45) is 0 Å². The van der Waals surface area contributed by atoms with E-state index in [1.54, 1.807) is 14.2 Å². The minimum Gasteiger partial charge on any atom is -0.337 e. The van der Waals surface area contributed by atoms with E-state index in [4.69, 9.17) is 9.05 Å². The first-order valence-electron chi connectivity index (χ1n) is 4.17. The fourth-order valence-corrected chi connectivity index (χ4v) is 2.07. The first kappa shape index (κ1) is 10.6. The molecule has 0 fully saturated rings. The van der Waals surface area contributed by atoms with Gasteiger partial charge in [-0.2, -0.15) is 0 Å². The molecule has 0 N–H and O–H groups in total. The monoisotopic (exact) mass is 198 g/mol. The molecule has 0 aliphatic rings. The Hall–Kier alpha value is -0.430. The van der Waals surface area contributed by atoms with Gasteiger partial charge in [0.25, 0.3) is 0 Å². The predicted molar refractivity (Wildman–Crippen MR) is 55.8 cm³/mol. The molecule has 0 aromatic heterocycles. The topological polar surface area (TPSA) is 18.5 Å². The second-order valence-corrected chi connectivity index (χ2v) is 4.56. The minimum absolute atomic E-state index is 0.745. The Morgan fingerprint density at radius 3 is 2.46 bits per heavy atom. The molecule has 0 amide bonds. The maximum Gasteiger partial charge on any atom is 0.174 e. The maximum atomic E-state index is 5.19. The first-order chi connectivity index (χ1) is 6.26. The zero-order valence-corrected chi connectivity index (χ0v) is 9.17. The van der Waals surface area contributed by atoms with Crippen LogP contribution in [0.1, 0.15) is 11.1 Å². The van der Waals surface area contributed by atoms with Gasteiger partial charge in [0.15, 0.2) is 8.38 Å². The SMILES string of the molecule is COP(Cc1cccc(C)c1)OC. The van der Waals surface area contributed by atoms with Crippen LogP contribution in [0, 0.1) is 6.92 Å². The molecule has 0 atom stereocenters. The summed E-state index contributed by atoms with van der Waals surface area (Å²) in [5, 5.41) is 0. The molecule has 0 aliphatic heterocycles. The second kappa shape index (κ2) is 5.33. The van der Waals surface area contributed by atoms with Crippen LogP contribution in [-0.2, 0) is 15.2 Å². The third kappa shape index (κ3) is 3.43. The molecule has 1 aromatic rings. The van der Waals surface area contributed by atoms with Crippen molar-refractivity contribution in [2.75, 3.05) is 14.2 Å². The van der Waals surface area contributed by atoms with Crippen molar-refractivity contribution in [3.63, 3.8) is 0 Å². The van der Waals surface area contributed by atoms with Crippen LogP contribution in [0.2, 0.25) is 0 Å². The van der Waals surface area contributed by atoms with Crippen LogP contribution in [-0.4, -0.2) is 14.2 Å². The highest BCUT2D eigenvalue weighted by Crippen LogP contribution is 2.39. The van der Waals surface area contributed by atoms with Gasteiger partial charge in [-0.05, 0) is 12.5 Å². The molecule has 3 heteroatoms. The van der Waals surface area contributed by atoms with E-state index < -0.39 is 8.38 Å². The van der Waals surface area contributed by atoms with Crippen molar-refractivity contribution in [1.29, 1.82) is 0 Å². The normalized spacial score (nSPS) is 10.8. The van der Waals surface area contributed by atoms with Crippen LogP contribution in [0.5, 0.6) is 0 Å². The standard InChI is InChI=1S/C10H15O2P/c1-9-5-4-6-10(7-9)8-13(11-2)12-3/h4-7H,8H2,1-3H3. The summed E-state index contributed by atoms with van der Waals surface area (Å²) in [5.41, 5.74) is 2.55. The Bertz CT molecular complexity index is 259. The molecule has 0 heterocycles. The van der Waals surface area contributed by atoms with Crippen molar-refractivity contribution in [3.05, 3.63) is 35.4 Å². The molecule has 1 aromatic carbocycles. The maximum absolute atomic E-state index is 5.19. The summed E-state index contributed by atoms with van der Waals surface area (Å²) in [6.45, 7) is 2.09. The van der Waals surface area contributed by atoms with Crippen molar-refractivity contribution in [3.8, 4) is 0 Å². The highest BCUT2D eigenvalue weighted by molar-refractivity contribution is 7.46. The van der Waals surface area contributed by atoms with Crippen LogP contribution < -0.4 is 0 Å². The van der Waals surface area contributed by atoms with Gasteiger partial charge in [0, 0.05) is 20.4 Å². The average molecular weight is 198 g/mol. The Kier molecular flexibility index (Phi) is 4.37. The summed E-state index contributed by atoms with van der Waals surface area (Å²) in [5.74, 6) is 0. The molecule has 0 saturated heterocycles. The fourth-order valence-electron chi connectivity index (χ4n) is 1.16. The molecule has 0 saturated carbocycles. The lowest BCUT2D eigenvalue weighted by molar-refractivity contribution is 0.339. The smallest absolute Gasteiger partial charge is 0.174 e. The van der Waals surface area contributed by atoms with Gasteiger partial charge in [-0.15, -0.1) is 0 Å². The van der Waals surface area contributed by atoms with Crippen molar-refractivity contribution in [1.82, 2.24) is 0 Å². The largest absolute Gasteiger partial charge is 0.337 e. The minimum atomic E-state index is -0.745. The highest BCUT2D eigenvalue weighted by Gasteiger charge is 2.06. The average Bonchev–Trinajstić information content (AvgIpc) is 2.14. The van der Waals surface area contributed by atoms with Crippen LogP contribution in [0.25, 0.3) is 0 Å². The Labute approximate surface area is 80.8 Å². The van der Waals surface area contributed by atoms with Crippen LogP contribution in [0.3, 0.4) is 0 Å². The number of hydrogen-bond donors (Lipinski definition) is 0. The van der Waals surface area contributed by atoms with E-state index in [1.165, 1.54) is 11.1 Å². The van der Waals surface area contributed by atoms with E-state index in [0.29, 0.717) is 0 Å². The summed E-state index contributed by atoms with van der Waals surface area (Å²) in [7, 11) is 2.63. The molecule has 0 spiro atoms. The van der Waals surface area contributed by atoms with E-state index in [2.05, 4.69) is 31.2 Å². The van der Waals surface area contributed by atoms with Crippen molar-refractivity contribution < 1.29 is 9.05 Å². The van der Waals surface area contributed by atoms with Crippen LogP contribution in [0.15, 0.2) is 24.3 Å². The summed E-state index contributed by atoms with van der Waals surface area (Å²) < 4.78 is 10.4. The van der Waals surface area contributed by atoms with Gasteiger partial charge < -0.3 is 9.05 Å². The van der Waals surface area contributed by atoms with Crippen molar-refractivity contribution in [2.45, 2.75) is 13.1 Å². The molecule has 2 nitrogen and oxygen atoms in total. The van der Waals surface area contributed by atoms with Crippen LogP contribution in [0.4, 0.5) is 0 Å². The van der Waals surface area contributed by atoms with Gasteiger partial charge in [0.2, 0.25) is 0 Å². The molecule has 0 aliphatic carbocycles. The summed E-state index contributed by atoms with van der Waals surface area (Å²) in [4.78, 5) is 0. The van der Waals surface area contributed by atoms with Crippen LogP contribution >= 0.6 is 8.38 Å². The summed E-state index contributed by atoms with van der Waals surface area (Å²) in [6, 6.07) is 8.41. The van der Waals surface area contributed by atoms with Gasteiger partial charge in [-0.25, -0.2) is 0 Å². The Balaban J connectivity index is 2.62. The van der Waals surface area contributed by atoms with Crippen molar-refractivity contribution >= 4 is 8.38 Å². The third-order valence-corrected chi connectivity index (χ3v) is 3.24. The second-order valence-electron chi connectivity index (χ2n) is 2.85. The molecule has 0 radical (unpaired) electrons. The lowest BCUT2D eigenvalue weighted by Crippen LogP contribution is -1.88. The lowest BCUT2D eigenvalue weighted by Gasteiger charge is -2.11. The molecule has 13 heavy (non-hydrogen) atoms. The van der Waals surface area contributed by atoms with E-state index in [1.807, 2.05) is 0 Å². The van der Waals surface area contributed by atoms with E-state index in [-0.39, 0.29) is 0 Å². The molecular weight excluding hydrogens is 183 g/mol. The zero-order valence-electron chi connectivity index (χ0n) is 8.28. The number of rotatable bonds is 4. The number of hydrogen-bond acceptors (Lipinski definition) is 2. The van der Waals surface area contributed by atoms with E-state index in [9.17, 15) is 0 Å². The number of aryl methyl sites for hydroxylation is 1. The Morgan fingerprint density at radius 1 is 1.23 bits per heavy atom. The highest BCUT2D eigenvalue weighted by atomic mass is 31.2. The van der Waals surface area contributed by atoms with Gasteiger partial charge in [-0.3, -0.25) is 0 Å². The lowest BCUT2D eigenvalue weighted by atomic mass is 10.2. The molecule has 0 unspecified atom stereocenters. The van der Waals surface area contributed by atoms with E-state index in [0.717, 1.165) is 6.16 Å². The quantitative estimate of drug-likeness (QED) is 0.692. The molecule has 0 bridgehead atoms. The predicted octanol–water partition coefficient (Wildman–Crippen LogP) is 3.10. The van der Waals surface area contributed by atoms with Gasteiger partial charge >= 0.3 is 0 Å². The summed E-state index contributed by atoms with van der Waals surface area (Å²) >= 11 is 0. The molecule has 72 valence electrons. The zero-order chi connectivity index (χ0) is 9.68.